The zero-order valence-corrected chi connectivity index (χ0v) is 10.1. The first-order chi connectivity index (χ1) is 6.00. The smallest absolute Gasteiger partial charge is 0 e. The Morgan fingerprint density at radius 3 is 0.929 bits per heavy atom. The molecule has 0 aromatic heterocycles. The van der Waals surface area contributed by atoms with E-state index in [2.05, 4.69) is 12.1 Å². The third-order valence-corrected chi connectivity index (χ3v) is 1.21. The van der Waals surface area contributed by atoms with E-state index >= 15 is 0 Å². The normalized spacial score (nSPS) is 6.86. The molecule has 6 radical (unpaired) electrons. The van der Waals surface area contributed by atoms with Crippen LogP contribution in [-0.4, -0.2) is 23.9 Å². The van der Waals surface area contributed by atoms with Gasteiger partial charge in [0.25, 0.3) is 0 Å². The van der Waals surface area contributed by atoms with Crippen molar-refractivity contribution < 1.29 is 1.43 Å². The molecule has 14 heavy (non-hydrogen) atoms. The Morgan fingerprint density at radius 2 is 0.857 bits per heavy atom. The number of benzene rings is 2. The molecule has 0 aliphatic heterocycles. The van der Waals surface area contributed by atoms with Gasteiger partial charge in [-0.2, -0.15) is 0 Å². The van der Waals surface area contributed by atoms with Crippen molar-refractivity contribution in [2.24, 2.45) is 0 Å². The van der Waals surface area contributed by atoms with Crippen molar-refractivity contribution in [2.45, 2.75) is 7.43 Å². The minimum atomic E-state index is 0. The van der Waals surface area contributed by atoms with E-state index in [1.165, 1.54) is 0 Å². The Balaban J connectivity index is -0.000000160. The van der Waals surface area contributed by atoms with Crippen molar-refractivity contribution in [1.82, 2.24) is 0 Å². The van der Waals surface area contributed by atoms with Crippen LogP contribution in [0.4, 0.5) is 0 Å². The van der Waals surface area contributed by atoms with Crippen LogP contribution in [0.25, 0.3) is 0 Å². The van der Waals surface area contributed by atoms with Gasteiger partial charge >= 0.3 is 0 Å². The minimum Gasteiger partial charge on any atom is -0.0776 e. The molecular formula is C13H16Sn. The van der Waals surface area contributed by atoms with Gasteiger partial charge in [0.05, 0.1) is 0 Å². The van der Waals surface area contributed by atoms with Gasteiger partial charge in [0.15, 0.2) is 0 Å². The number of rotatable bonds is 0. The summed E-state index contributed by atoms with van der Waals surface area (Å²) < 4.78 is 0. The number of hydrogen-bond acceptors (Lipinski definition) is 0. The van der Waals surface area contributed by atoms with E-state index in [-0.39, 0.29) is 32.8 Å². The first kappa shape index (κ1) is 15.7. The van der Waals surface area contributed by atoms with Crippen LogP contribution in [0.2, 0.25) is 0 Å². The molecule has 0 spiro atoms. The fourth-order valence-corrected chi connectivity index (χ4v) is 0.684. The van der Waals surface area contributed by atoms with Gasteiger partial charge in [-0.05, 0) is 12.1 Å². The molecule has 0 atom stereocenters. The molecule has 0 fully saturated rings. The summed E-state index contributed by atoms with van der Waals surface area (Å²) in [6.45, 7) is 0. The average molecular weight is 291 g/mol. The van der Waals surface area contributed by atoms with Gasteiger partial charge in [-0.1, -0.05) is 68.1 Å². The van der Waals surface area contributed by atoms with Crippen LogP contribution < -0.4 is 0 Å². The molecule has 0 N–H and O–H groups in total. The predicted molar refractivity (Wildman–Crippen MR) is 65.2 cm³/mol. The zero-order valence-electron chi connectivity index (χ0n) is 7.27. The van der Waals surface area contributed by atoms with Crippen molar-refractivity contribution >= 4 is 23.9 Å². The molecule has 72 valence electrons. The van der Waals surface area contributed by atoms with E-state index in [0.717, 1.165) is 0 Å². The fraction of sp³-hybridized carbons (Fsp3) is 0.0769. The predicted octanol–water partition coefficient (Wildman–Crippen LogP) is 3.47. The summed E-state index contributed by atoms with van der Waals surface area (Å²) in [6.07, 6.45) is 0. The van der Waals surface area contributed by atoms with Crippen molar-refractivity contribution in [3.05, 3.63) is 72.8 Å². The first-order valence-electron chi connectivity index (χ1n) is 3.82. The summed E-state index contributed by atoms with van der Waals surface area (Å²) in [7, 11) is 0. The largest absolute Gasteiger partial charge is 0.0776 e. The maximum absolute atomic E-state index is 2.89. The van der Waals surface area contributed by atoms with Gasteiger partial charge in [-0.3, -0.25) is 0 Å². The van der Waals surface area contributed by atoms with E-state index in [9.17, 15) is 0 Å². The van der Waals surface area contributed by atoms with Crippen molar-refractivity contribution in [1.29, 1.82) is 0 Å². The molecule has 0 aliphatic rings. The van der Waals surface area contributed by atoms with Crippen LogP contribution in [0.15, 0.2) is 60.7 Å². The second kappa shape index (κ2) is 12.2. The number of hydrogen-bond donors (Lipinski definition) is 0. The summed E-state index contributed by atoms with van der Waals surface area (Å²) in [5.41, 5.74) is 0. The SMILES string of the molecule is C.[HH].[Sn].[c]1ccccc1.[c]1ccccc1. The third kappa shape index (κ3) is 9.33. The molecule has 0 amide bonds. The quantitative estimate of drug-likeness (QED) is 0.652. The van der Waals surface area contributed by atoms with Crippen molar-refractivity contribution in [2.75, 3.05) is 0 Å². The second-order valence-electron chi connectivity index (χ2n) is 2.15. The van der Waals surface area contributed by atoms with Gasteiger partial charge in [-0.15, -0.1) is 0 Å². The van der Waals surface area contributed by atoms with Crippen molar-refractivity contribution in [3.8, 4) is 0 Å². The standard InChI is InChI=1S/2C6H5.CH4.Sn.H2/c2*1-2-4-6-5-3-1;;;/h2*1-5H;1H4;;1H. The Morgan fingerprint density at radius 1 is 0.571 bits per heavy atom. The molecule has 2 rings (SSSR count). The fourth-order valence-electron chi connectivity index (χ4n) is 0.684. The van der Waals surface area contributed by atoms with E-state index in [0.29, 0.717) is 0 Å². The summed E-state index contributed by atoms with van der Waals surface area (Å²) >= 11 is 0. The van der Waals surface area contributed by atoms with E-state index in [1.807, 2.05) is 60.7 Å². The molecule has 2 aromatic rings. The van der Waals surface area contributed by atoms with Crippen LogP contribution in [-0.2, 0) is 0 Å². The van der Waals surface area contributed by atoms with Gasteiger partial charge < -0.3 is 0 Å². The minimum absolute atomic E-state index is 0. The van der Waals surface area contributed by atoms with Crippen LogP contribution >= 0.6 is 0 Å². The van der Waals surface area contributed by atoms with Crippen LogP contribution in [0, 0.1) is 12.1 Å². The summed E-state index contributed by atoms with van der Waals surface area (Å²) in [5, 5.41) is 0. The van der Waals surface area contributed by atoms with Crippen LogP contribution in [0.5, 0.6) is 0 Å². The second-order valence-corrected chi connectivity index (χ2v) is 2.15. The van der Waals surface area contributed by atoms with E-state index < -0.39 is 0 Å². The average Bonchev–Trinajstić information content (AvgIpc) is 2.24. The molecule has 0 aliphatic carbocycles. The first-order valence-corrected chi connectivity index (χ1v) is 3.82. The third-order valence-electron chi connectivity index (χ3n) is 1.21. The zero-order chi connectivity index (χ0) is 8.49. The Bertz CT molecular complexity index is 186. The Hall–Kier alpha value is -0.761. The summed E-state index contributed by atoms with van der Waals surface area (Å²) in [6, 6.07) is 25.0. The molecule has 2 aromatic carbocycles. The molecule has 0 nitrogen and oxygen atoms in total. The van der Waals surface area contributed by atoms with E-state index in [1.54, 1.807) is 0 Å². The van der Waals surface area contributed by atoms with Crippen LogP contribution in [0.1, 0.15) is 8.85 Å². The van der Waals surface area contributed by atoms with Crippen LogP contribution in [0.3, 0.4) is 0 Å². The molecule has 1 heteroatoms. The van der Waals surface area contributed by atoms with Gasteiger partial charge in [-0.25, -0.2) is 0 Å². The topological polar surface area (TPSA) is 0 Å². The summed E-state index contributed by atoms with van der Waals surface area (Å²) in [4.78, 5) is 0. The van der Waals surface area contributed by atoms with E-state index in [4.69, 9.17) is 0 Å². The van der Waals surface area contributed by atoms with Gasteiger partial charge in [0, 0.05) is 25.3 Å². The van der Waals surface area contributed by atoms with Gasteiger partial charge in [0.1, 0.15) is 0 Å². The monoisotopic (exact) mass is 292 g/mol. The molecule has 0 heterocycles. The summed E-state index contributed by atoms with van der Waals surface area (Å²) in [5.74, 6) is 0. The van der Waals surface area contributed by atoms with Crippen molar-refractivity contribution in [3.63, 3.8) is 0 Å². The molecule has 0 saturated carbocycles. The molecular weight excluding hydrogens is 275 g/mol. The Labute approximate surface area is 105 Å². The molecule has 0 unspecified atom stereocenters. The maximum Gasteiger partial charge on any atom is 0 e. The van der Waals surface area contributed by atoms with Gasteiger partial charge in [0.2, 0.25) is 0 Å². The molecule has 0 saturated heterocycles. The Kier molecular flexibility index (Phi) is 13.7. The maximum atomic E-state index is 2.89. The molecule has 0 bridgehead atoms.